The van der Waals surface area contributed by atoms with Crippen LogP contribution in [0, 0.1) is 13.8 Å². The van der Waals surface area contributed by atoms with Crippen molar-refractivity contribution < 1.29 is 0 Å². The van der Waals surface area contributed by atoms with Crippen LogP contribution >= 0.6 is 0 Å². The lowest BCUT2D eigenvalue weighted by atomic mass is 10.1. The zero-order valence-corrected chi connectivity index (χ0v) is 19.9. The van der Waals surface area contributed by atoms with E-state index in [0.29, 0.717) is 0 Å². The predicted octanol–water partition coefficient (Wildman–Crippen LogP) is 7.10. The van der Waals surface area contributed by atoms with Gasteiger partial charge in [0.05, 0.1) is 11.2 Å². The third kappa shape index (κ3) is 12.1. The molecule has 3 nitrogen and oxygen atoms in total. The van der Waals surface area contributed by atoms with E-state index < -0.39 is 0 Å². The number of rotatable bonds is 4. The summed E-state index contributed by atoms with van der Waals surface area (Å²) < 4.78 is 2.14. The fourth-order valence-corrected chi connectivity index (χ4v) is 2.16. The molecule has 1 aromatic carbocycles. The average molecular weight is 366 g/mol. The second-order valence-corrected chi connectivity index (χ2v) is 5.69. The molecule has 26 heavy (non-hydrogen) atoms. The molecule has 0 aliphatic carbocycles. The number of aromatic nitrogens is 2. The Morgan fingerprint density at radius 2 is 1.42 bits per heavy atom. The Morgan fingerprint density at radius 1 is 0.923 bits per heavy atom. The highest BCUT2D eigenvalue weighted by atomic mass is 15.3. The van der Waals surface area contributed by atoms with Gasteiger partial charge in [-0.2, -0.15) is 5.10 Å². The molecule has 0 saturated carbocycles. The predicted molar refractivity (Wildman–Crippen MR) is 122 cm³/mol. The van der Waals surface area contributed by atoms with Crippen molar-refractivity contribution in [2.75, 3.05) is 20.6 Å². The minimum atomic E-state index is 0.992. The number of nitrogens with zero attached hydrogens (tertiary/aromatic N) is 3. The summed E-state index contributed by atoms with van der Waals surface area (Å²) in [7, 11) is 4.22. The smallest absolute Gasteiger partial charge is 0.0687 e. The number of fused-ring (bicyclic) bond motifs is 1. The Morgan fingerprint density at radius 3 is 1.88 bits per heavy atom. The summed E-state index contributed by atoms with van der Waals surface area (Å²) in [4.78, 5) is 2.21. The van der Waals surface area contributed by atoms with Crippen molar-refractivity contribution >= 4 is 10.9 Å². The van der Waals surface area contributed by atoms with Gasteiger partial charge in [0.15, 0.2) is 0 Å². The van der Waals surface area contributed by atoms with Crippen molar-refractivity contribution in [2.45, 2.75) is 88.6 Å². The van der Waals surface area contributed by atoms with Crippen molar-refractivity contribution in [3.63, 3.8) is 0 Å². The second kappa shape index (κ2) is 20.0. The van der Waals surface area contributed by atoms with Crippen LogP contribution < -0.4 is 0 Å². The summed E-state index contributed by atoms with van der Waals surface area (Å²) in [6.45, 7) is 22.6. The van der Waals surface area contributed by atoms with Gasteiger partial charge in [-0.05, 0) is 52.5 Å². The monoisotopic (exact) mass is 365 g/mol. The van der Waals surface area contributed by atoms with Crippen LogP contribution in [0.3, 0.4) is 0 Å². The summed E-state index contributed by atoms with van der Waals surface area (Å²) in [5.41, 5.74) is 3.69. The fourth-order valence-electron chi connectivity index (χ4n) is 2.16. The first-order chi connectivity index (χ1) is 12.5. The van der Waals surface area contributed by atoms with Gasteiger partial charge in [0, 0.05) is 11.9 Å². The van der Waals surface area contributed by atoms with Crippen LogP contribution in [0.4, 0.5) is 0 Å². The van der Waals surface area contributed by atoms with E-state index in [-0.39, 0.29) is 0 Å². The van der Waals surface area contributed by atoms with Gasteiger partial charge in [0.1, 0.15) is 0 Å². The fraction of sp³-hybridized carbons (Fsp3) is 0.696. The number of hydrogen-bond acceptors (Lipinski definition) is 2. The third-order valence-electron chi connectivity index (χ3n) is 3.07. The molecule has 0 N–H and O–H groups in total. The molecule has 0 radical (unpaired) electrons. The summed E-state index contributed by atoms with van der Waals surface area (Å²) in [6, 6.07) is 6.56. The van der Waals surface area contributed by atoms with Crippen molar-refractivity contribution in [1.29, 1.82) is 0 Å². The van der Waals surface area contributed by atoms with E-state index in [9.17, 15) is 0 Å². The quantitative estimate of drug-likeness (QED) is 0.576. The molecule has 0 atom stereocenters. The van der Waals surface area contributed by atoms with Gasteiger partial charge < -0.3 is 4.90 Å². The van der Waals surface area contributed by atoms with E-state index in [0.717, 1.165) is 25.2 Å². The van der Waals surface area contributed by atoms with E-state index in [1.807, 2.05) is 41.5 Å². The molecular formula is C23H47N3. The molecule has 2 rings (SSSR count). The molecule has 0 amide bonds. The van der Waals surface area contributed by atoms with Gasteiger partial charge in [-0.1, -0.05) is 73.9 Å². The lowest BCUT2D eigenvalue weighted by Crippen LogP contribution is -2.15. The molecular weight excluding hydrogens is 318 g/mol. The van der Waals surface area contributed by atoms with Crippen LogP contribution in [0.1, 0.15) is 79.5 Å². The van der Waals surface area contributed by atoms with Crippen molar-refractivity contribution in [3.8, 4) is 0 Å². The van der Waals surface area contributed by atoms with Crippen LogP contribution in [-0.4, -0.2) is 35.3 Å². The zero-order valence-electron chi connectivity index (χ0n) is 19.9. The molecule has 0 bridgehead atoms. The molecule has 154 valence electrons. The van der Waals surface area contributed by atoms with Crippen LogP contribution in [0.15, 0.2) is 18.2 Å². The third-order valence-corrected chi connectivity index (χ3v) is 3.07. The Kier molecular flexibility index (Phi) is 22.6. The van der Waals surface area contributed by atoms with Crippen molar-refractivity contribution in [2.24, 2.45) is 0 Å². The van der Waals surface area contributed by atoms with Gasteiger partial charge in [-0.25, -0.2) is 0 Å². The number of benzene rings is 1. The van der Waals surface area contributed by atoms with Gasteiger partial charge in [-0.3, -0.25) is 4.68 Å². The SMILES string of the molecule is CC.CC.CC.CCC.Cc1ccc2c(C)nn(CCCN(C)C)c2c1. The topological polar surface area (TPSA) is 21.1 Å². The molecule has 0 aliphatic heterocycles. The van der Waals surface area contributed by atoms with Gasteiger partial charge in [0.25, 0.3) is 0 Å². The molecule has 0 unspecified atom stereocenters. The highest BCUT2D eigenvalue weighted by Crippen LogP contribution is 2.19. The van der Waals surface area contributed by atoms with Crippen molar-refractivity contribution in [1.82, 2.24) is 14.7 Å². The van der Waals surface area contributed by atoms with E-state index in [1.165, 1.54) is 22.9 Å². The maximum absolute atomic E-state index is 4.63. The first-order valence-corrected chi connectivity index (χ1v) is 10.6. The standard InChI is InChI=1S/C14H21N3.C3H8.3C2H6/c1-11-6-7-13-12(2)15-17(14(13)10-11)9-5-8-16(3)4;1-3-2;3*1-2/h6-7,10H,5,8-9H2,1-4H3;3H2,1-2H3;3*1-2H3. The molecule has 0 saturated heterocycles. The van der Waals surface area contributed by atoms with Gasteiger partial charge in [-0.15, -0.1) is 0 Å². The first-order valence-electron chi connectivity index (χ1n) is 10.6. The summed E-state index contributed by atoms with van der Waals surface area (Å²) in [6.07, 6.45) is 2.39. The van der Waals surface area contributed by atoms with Gasteiger partial charge >= 0.3 is 0 Å². The number of aryl methyl sites for hydroxylation is 3. The highest BCUT2D eigenvalue weighted by Gasteiger charge is 2.06. The van der Waals surface area contributed by atoms with E-state index in [2.05, 4.69) is 74.7 Å². The Balaban J connectivity index is -0.000000509. The molecule has 2 aromatic rings. The Labute approximate surface area is 164 Å². The van der Waals surface area contributed by atoms with Crippen LogP contribution in [0.2, 0.25) is 0 Å². The molecule has 1 aromatic heterocycles. The lowest BCUT2D eigenvalue weighted by Gasteiger charge is -2.09. The Hall–Kier alpha value is -1.35. The minimum absolute atomic E-state index is 0.992. The minimum Gasteiger partial charge on any atom is -0.309 e. The molecule has 0 spiro atoms. The van der Waals surface area contributed by atoms with Crippen molar-refractivity contribution in [3.05, 3.63) is 29.5 Å². The number of hydrogen-bond donors (Lipinski definition) is 0. The molecule has 3 heteroatoms. The maximum atomic E-state index is 4.63. The molecule has 1 heterocycles. The van der Waals surface area contributed by atoms with Crippen LogP contribution in [0.5, 0.6) is 0 Å². The van der Waals surface area contributed by atoms with E-state index in [1.54, 1.807) is 0 Å². The normalized spacial score (nSPS) is 8.96. The Bertz CT molecular complexity index is 527. The van der Waals surface area contributed by atoms with E-state index >= 15 is 0 Å². The van der Waals surface area contributed by atoms with Crippen LogP contribution in [-0.2, 0) is 6.54 Å². The summed E-state index contributed by atoms with van der Waals surface area (Å²) in [5, 5.41) is 5.90. The average Bonchev–Trinajstić information content (AvgIpc) is 2.96. The molecule has 0 aliphatic rings. The van der Waals surface area contributed by atoms with Gasteiger partial charge in [0.2, 0.25) is 0 Å². The highest BCUT2D eigenvalue weighted by molar-refractivity contribution is 5.82. The summed E-state index contributed by atoms with van der Waals surface area (Å²) >= 11 is 0. The lowest BCUT2D eigenvalue weighted by molar-refractivity contribution is 0.382. The largest absolute Gasteiger partial charge is 0.309 e. The maximum Gasteiger partial charge on any atom is 0.0687 e. The zero-order chi connectivity index (χ0) is 21.1. The summed E-state index contributed by atoms with van der Waals surface area (Å²) in [5.74, 6) is 0. The van der Waals surface area contributed by atoms with E-state index in [4.69, 9.17) is 0 Å². The second-order valence-electron chi connectivity index (χ2n) is 5.69. The van der Waals surface area contributed by atoms with Crippen LogP contribution in [0.25, 0.3) is 10.9 Å². The first kappa shape index (κ1) is 29.4. The molecule has 0 fully saturated rings.